The third kappa shape index (κ3) is 4.76. The minimum absolute atomic E-state index is 0.240. The standard InChI is InChI=1S/C16H25BrN2O/c1-2-14(18)11-13-5-6-16(15(17)12-13)20-10-9-19-7-3-4-8-19/h5-6,12,14H,2-4,7-11,18H2,1H3. The molecule has 4 heteroatoms. The molecule has 1 fully saturated rings. The van der Waals surface area contributed by atoms with Gasteiger partial charge in [0.25, 0.3) is 0 Å². The average molecular weight is 341 g/mol. The molecule has 0 saturated carbocycles. The maximum Gasteiger partial charge on any atom is 0.133 e. The number of halogens is 1. The second-order valence-electron chi connectivity index (χ2n) is 5.53. The molecule has 1 heterocycles. The smallest absolute Gasteiger partial charge is 0.133 e. The minimum Gasteiger partial charge on any atom is -0.491 e. The van der Waals surface area contributed by atoms with E-state index in [0.29, 0.717) is 0 Å². The van der Waals surface area contributed by atoms with Gasteiger partial charge >= 0.3 is 0 Å². The summed E-state index contributed by atoms with van der Waals surface area (Å²) in [6.45, 7) is 6.34. The second-order valence-corrected chi connectivity index (χ2v) is 6.39. The van der Waals surface area contributed by atoms with Crippen LogP contribution in [-0.4, -0.2) is 37.2 Å². The van der Waals surface area contributed by atoms with Crippen LogP contribution < -0.4 is 10.5 Å². The molecule has 3 nitrogen and oxygen atoms in total. The summed E-state index contributed by atoms with van der Waals surface area (Å²) >= 11 is 3.59. The lowest BCUT2D eigenvalue weighted by molar-refractivity contribution is 0.237. The zero-order valence-electron chi connectivity index (χ0n) is 12.3. The molecule has 0 radical (unpaired) electrons. The van der Waals surface area contributed by atoms with Crippen molar-refractivity contribution < 1.29 is 4.74 Å². The predicted molar refractivity (Wildman–Crippen MR) is 87.3 cm³/mol. The van der Waals surface area contributed by atoms with Crippen molar-refractivity contribution in [2.75, 3.05) is 26.2 Å². The van der Waals surface area contributed by atoms with Crippen molar-refractivity contribution in [2.45, 2.75) is 38.6 Å². The molecular formula is C16H25BrN2O. The fourth-order valence-corrected chi connectivity index (χ4v) is 3.07. The molecule has 1 aliphatic heterocycles. The molecule has 20 heavy (non-hydrogen) atoms. The summed E-state index contributed by atoms with van der Waals surface area (Å²) in [6, 6.07) is 6.53. The Morgan fingerprint density at radius 2 is 2.10 bits per heavy atom. The lowest BCUT2D eigenvalue weighted by atomic mass is 10.0. The maximum atomic E-state index is 5.99. The fourth-order valence-electron chi connectivity index (χ4n) is 2.53. The van der Waals surface area contributed by atoms with E-state index >= 15 is 0 Å². The van der Waals surface area contributed by atoms with E-state index in [1.807, 2.05) is 6.07 Å². The van der Waals surface area contributed by atoms with Gasteiger partial charge in [0.2, 0.25) is 0 Å². The van der Waals surface area contributed by atoms with Crippen LogP contribution in [0.4, 0.5) is 0 Å². The van der Waals surface area contributed by atoms with Crippen molar-refractivity contribution in [1.82, 2.24) is 4.90 Å². The van der Waals surface area contributed by atoms with E-state index in [4.69, 9.17) is 10.5 Å². The molecule has 1 aliphatic rings. The summed E-state index contributed by atoms with van der Waals surface area (Å²) in [4.78, 5) is 2.46. The number of nitrogens with two attached hydrogens (primary N) is 1. The van der Waals surface area contributed by atoms with Gasteiger partial charge in [0, 0.05) is 12.6 Å². The minimum atomic E-state index is 0.240. The van der Waals surface area contributed by atoms with E-state index in [9.17, 15) is 0 Å². The molecule has 2 N–H and O–H groups in total. The number of hydrogen-bond donors (Lipinski definition) is 1. The Kier molecular flexibility index (Phi) is 6.33. The van der Waals surface area contributed by atoms with Crippen LogP contribution in [0.1, 0.15) is 31.7 Å². The van der Waals surface area contributed by atoms with Crippen molar-refractivity contribution in [3.05, 3.63) is 28.2 Å². The highest BCUT2D eigenvalue weighted by Gasteiger charge is 2.11. The molecule has 1 saturated heterocycles. The molecule has 1 atom stereocenters. The highest BCUT2D eigenvalue weighted by atomic mass is 79.9. The molecule has 0 amide bonds. The Labute approximate surface area is 130 Å². The van der Waals surface area contributed by atoms with Crippen molar-refractivity contribution >= 4 is 15.9 Å². The van der Waals surface area contributed by atoms with Gasteiger partial charge in [0.05, 0.1) is 4.47 Å². The molecule has 0 bridgehead atoms. The van der Waals surface area contributed by atoms with E-state index in [1.54, 1.807) is 0 Å². The third-order valence-corrected chi connectivity index (χ3v) is 4.50. The van der Waals surface area contributed by atoms with Crippen molar-refractivity contribution in [3.8, 4) is 5.75 Å². The Balaban J connectivity index is 1.82. The first kappa shape index (κ1) is 15.8. The Morgan fingerprint density at radius 1 is 1.35 bits per heavy atom. The number of ether oxygens (including phenoxy) is 1. The molecule has 1 aromatic rings. The van der Waals surface area contributed by atoms with Crippen LogP contribution in [0.3, 0.4) is 0 Å². The summed E-state index contributed by atoms with van der Waals surface area (Å²) in [5.41, 5.74) is 7.25. The van der Waals surface area contributed by atoms with Gasteiger partial charge in [-0.1, -0.05) is 13.0 Å². The van der Waals surface area contributed by atoms with Crippen LogP contribution in [-0.2, 0) is 6.42 Å². The SMILES string of the molecule is CCC(N)Cc1ccc(OCCN2CCCC2)c(Br)c1. The molecule has 112 valence electrons. The van der Waals surface area contributed by atoms with Crippen LogP contribution in [0.2, 0.25) is 0 Å². The van der Waals surface area contributed by atoms with Crippen molar-refractivity contribution in [3.63, 3.8) is 0 Å². The summed E-state index contributed by atoms with van der Waals surface area (Å²) in [5, 5.41) is 0. The molecule has 0 aliphatic carbocycles. The molecular weight excluding hydrogens is 316 g/mol. The number of hydrogen-bond acceptors (Lipinski definition) is 3. The number of nitrogens with zero attached hydrogens (tertiary/aromatic N) is 1. The number of likely N-dealkylation sites (tertiary alicyclic amines) is 1. The molecule has 1 aromatic carbocycles. The topological polar surface area (TPSA) is 38.5 Å². The fraction of sp³-hybridized carbons (Fsp3) is 0.625. The number of benzene rings is 1. The lowest BCUT2D eigenvalue weighted by Crippen LogP contribution is -2.25. The largest absolute Gasteiger partial charge is 0.491 e. The zero-order chi connectivity index (χ0) is 14.4. The molecule has 2 rings (SSSR count). The summed E-state index contributed by atoms with van der Waals surface area (Å²) in [7, 11) is 0. The Bertz CT molecular complexity index is 419. The van der Waals surface area contributed by atoms with Gasteiger partial charge in [-0.25, -0.2) is 0 Å². The van der Waals surface area contributed by atoms with Gasteiger partial charge in [-0.05, 0) is 72.4 Å². The van der Waals surface area contributed by atoms with Crippen LogP contribution in [0, 0.1) is 0 Å². The zero-order valence-corrected chi connectivity index (χ0v) is 13.9. The normalized spacial score (nSPS) is 17.4. The van der Waals surface area contributed by atoms with Crippen LogP contribution in [0.5, 0.6) is 5.75 Å². The first-order valence-corrected chi connectivity index (χ1v) is 8.37. The summed E-state index contributed by atoms with van der Waals surface area (Å²) < 4.78 is 6.89. The summed E-state index contributed by atoms with van der Waals surface area (Å²) in [5.74, 6) is 0.929. The van der Waals surface area contributed by atoms with E-state index in [1.165, 1.54) is 31.5 Å². The van der Waals surface area contributed by atoms with E-state index in [0.717, 1.165) is 36.2 Å². The highest BCUT2D eigenvalue weighted by Crippen LogP contribution is 2.26. The first-order chi connectivity index (χ1) is 9.69. The quantitative estimate of drug-likeness (QED) is 0.828. The van der Waals surface area contributed by atoms with Crippen LogP contribution >= 0.6 is 15.9 Å². The van der Waals surface area contributed by atoms with Crippen LogP contribution in [0.15, 0.2) is 22.7 Å². The third-order valence-electron chi connectivity index (χ3n) is 3.88. The predicted octanol–water partition coefficient (Wildman–Crippen LogP) is 3.20. The van der Waals surface area contributed by atoms with E-state index in [2.05, 4.69) is 39.9 Å². The Hall–Kier alpha value is -0.580. The Morgan fingerprint density at radius 3 is 2.75 bits per heavy atom. The van der Waals surface area contributed by atoms with Gasteiger partial charge in [0.15, 0.2) is 0 Å². The van der Waals surface area contributed by atoms with Gasteiger partial charge < -0.3 is 10.5 Å². The van der Waals surface area contributed by atoms with Gasteiger partial charge in [-0.15, -0.1) is 0 Å². The van der Waals surface area contributed by atoms with Crippen molar-refractivity contribution in [2.24, 2.45) is 5.73 Å². The molecule has 1 unspecified atom stereocenters. The van der Waals surface area contributed by atoms with Crippen molar-refractivity contribution in [1.29, 1.82) is 0 Å². The lowest BCUT2D eigenvalue weighted by Gasteiger charge is -2.16. The van der Waals surface area contributed by atoms with Gasteiger partial charge in [-0.3, -0.25) is 4.90 Å². The monoisotopic (exact) mass is 340 g/mol. The van der Waals surface area contributed by atoms with E-state index in [-0.39, 0.29) is 6.04 Å². The van der Waals surface area contributed by atoms with E-state index < -0.39 is 0 Å². The van der Waals surface area contributed by atoms with Crippen LogP contribution in [0.25, 0.3) is 0 Å². The summed E-state index contributed by atoms with van der Waals surface area (Å²) in [6.07, 6.45) is 4.58. The molecule has 0 spiro atoms. The maximum absolute atomic E-state index is 5.99. The first-order valence-electron chi connectivity index (χ1n) is 7.58. The number of rotatable bonds is 7. The highest BCUT2D eigenvalue weighted by molar-refractivity contribution is 9.10. The second kappa shape index (κ2) is 8.01. The molecule has 0 aromatic heterocycles. The van der Waals surface area contributed by atoms with Gasteiger partial charge in [0.1, 0.15) is 12.4 Å². The van der Waals surface area contributed by atoms with Gasteiger partial charge in [-0.2, -0.15) is 0 Å². The average Bonchev–Trinajstić information content (AvgIpc) is 2.94.